The molecule has 0 bridgehead atoms. The zero-order valence-electron chi connectivity index (χ0n) is 29.6. The van der Waals surface area contributed by atoms with Gasteiger partial charge in [-0.3, -0.25) is 4.79 Å². The minimum absolute atomic E-state index is 0.0799. The van der Waals surface area contributed by atoms with E-state index < -0.39 is 25.0 Å². The highest BCUT2D eigenvalue weighted by Crippen LogP contribution is 2.69. The van der Waals surface area contributed by atoms with Gasteiger partial charge in [0, 0.05) is 18.6 Å². The van der Waals surface area contributed by atoms with Crippen LogP contribution >= 0.6 is 0 Å². The van der Waals surface area contributed by atoms with Crippen LogP contribution in [0.4, 0.5) is 0 Å². The summed E-state index contributed by atoms with van der Waals surface area (Å²) in [6.45, 7) is 29.0. The van der Waals surface area contributed by atoms with E-state index in [-0.39, 0.29) is 17.5 Å². The number of rotatable bonds is 10. The Balaban J connectivity index is 1.72. The summed E-state index contributed by atoms with van der Waals surface area (Å²) >= 11 is 0. The van der Waals surface area contributed by atoms with E-state index in [1.165, 1.54) is 52.1 Å². The van der Waals surface area contributed by atoms with E-state index in [1.54, 1.807) is 0 Å². The quantitative estimate of drug-likeness (QED) is 0.176. The highest BCUT2D eigenvalue weighted by Gasteiger charge is 2.67. The van der Waals surface area contributed by atoms with Crippen LogP contribution in [0.5, 0.6) is 0 Å². The van der Waals surface area contributed by atoms with Gasteiger partial charge in [-0.15, -0.1) is 0 Å². The Hall–Kier alpha value is 0.000649. The highest BCUT2D eigenvalue weighted by atomic mass is 28.4. The molecule has 0 aliphatic heterocycles. The van der Waals surface area contributed by atoms with Crippen molar-refractivity contribution in [3.8, 4) is 0 Å². The van der Waals surface area contributed by atoms with E-state index in [4.69, 9.17) is 18.0 Å². The second-order valence-electron chi connectivity index (χ2n) is 18.2. The van der Waals surface area contributed by atoms with Gasteiger partial charge in [0.1, 0.15) is 0 Å². The summed E-state index contributed by atoms with van der Waals surface area (Å²) in [5, 5.41) is 0. The van der Waals surface area contributed by atoms with Crippen molar-refractivity contribution in [3.05, 3.63) is 0 Å². The standard InChI is InChI=1S/C34H66O5Si3/c1-23(14-17-31(35)36-4)26-15-16-27-32-28(22-30(34(26,27)3)39-42(11,12)13)33(2)19-18-25(37-40(5,6)7)20-24(33)21-29(32)38-41(8,9)10/h23-30,32H,14-22H2,1-13H3/t23-,24+,25+,26-,27?,28?,29-,30+,32?,33+,34-/m1/s1. The van der Waals surface area contributed by atoms with Crippen LogP contribution in [0.3, 0.4) is 0 Å². The van der Waals surface area contributed by atoms with Gasteiger partial charge in [-0.05, 0) is 157 Å². The van der Waals surface area contributed by atoms with Gasteiger partial charge in [0.15, 0.2) is 25.0 Å². The molecule has 4 rings (SSSR count). The predicted octanol–water partition coefficient (Wildman–Crippen LogP) is 9.11. The van der Waals surface area contributed by atoms with Crippen LogP contribution in [0.1, 0.15) is 78.6 Å². The SMILES string of the molecule is COC(=O)CC[C@@H](C)[C@H]1CCC2C3C(C[C@H](O[Si](C)(C)C)[C@@]21C)[C@@]1(C)CC[C@H](O[Si](C)(C)C)C[C@H]1C[C@H]3O[Si](C)(C)C. The molecular weight excluding hydrogens is 573 g/mol. The van der Waals surface area contributed by atoms with E-state index in [0.717, 1.165) is 6.42 Å². The minimum Gasteiger partial charge on any atom is -0.469 e. The van der Waals surface area contributed by atoms with Gasteiger partial charge in [-0.25, -0.2) is 0 Å². The van der Waals surface area contributed by atoms with Crippen molar-refractivity contribution in [2.24, 2.45) is 46.3 Å². The summed E-state index contributed by atoms with van der Waals surface area (Å²) in [6, 6.07) is 0. The Morgan fingerprint density at radius 1 is 0.810 bits per heavy atom. The highest BCUT2D eigenvalue weighted by molar-refractivity contribution is 6.70. The lowest BCUT2D eigenvalue weighted by Crippen LogP contribution is -2.64. The first-order valence-corrected chi connectivity index (χ1v) is 27.5. The van der Waals surface area contributed by atoms with E-state index >= 15 is 0 Å². The van der Waals surface area contributed by atoms with Crippen molar-refractivity contribution in [3.63, 3.8) is 0 Å². The molecule has 0 saturated heterocycles. The fourth-order valence-electron chi connectivity index (χ4n) is 10.5. The second-order valence-corrected chi connectivity index (χ2v) is 31.6. The molecule has 0 aromatic carbocycles. The average molecular weight is 639 g/mol. The molecule has 0 N–H and O–H groups in total. The van der Waals surface area contributed by atoms with Crippen LogP contribution in [0.15, 0.2) is 0 Å². The van der Waals surface area contributed by atoms with Crippen molar-refractivity contribution >= 4 is 30.9 Å². The number of hydrogen-bond donors (Lipinski definition) is 0. The number of esters is 1. The number of fused-ring (bicyclic) bond motifs is 5. The van der Waals surface area contributed by atoms with Crippen LogP contribution in [-0.4, -0.2) is 56.3 Å². The molecule has 0 aromatic rings. The Kier molecular flexibility index (Phi) is 10.2. The topological polar surface area (TPSA) is 54.0 Å². The molecule has 3 unspecified atom stereocenters. The second kappa shape index (κ2) is 12.3. The third kappa shape index (κ3) is 7.35. The monoisotopic (exact) mass is 638 g/mol. The molecule has 0 heterocycles. The van der Waals surface area contributed by atoms with Crippen LogP contribution < -0.4 is 0 Å². The molecule has 0 radical (unpaired) electrons. The summed E-state index contributed by atoms with van der Waals surface area (Å²) < 4.78 is 26.4. The summed E-state index contributed by atoms with van der Waals surface area (Å²) in [5.74, 6) is 3.45. The summed E-state index contributed by atoms with van der Waals surface area (Å²) in [5.41, 5.74) is 0.430. The van der Waals surface area contributed by atoms with E-state index in [9.17, 15) is 4.79 Å². The van der Waals surface area contributed by atoms with E-state index in [0.29, 0.717) is 59.6 Å². The molecular formula is C34H66O5Si3. The maximum absolute atomic E-state index is 12.1. The maximum Gasteiger partial charge on any atom is 0.305 e. The minimum atomic E-state index is -1.79. The first-order valence-electron chi connectivity index (χ1n) is 17.3. The Morgan fingerprint density at radius 2 is 1.43 bits per heavy atom. The van der Waals surface area contributed by atoms with Gasteiger partial charge in [-0.1, -0.05) is 20.8 Å². The predicted molar refractivity (Wildman–Crippen MR) is 181 cm³/mol. The van der Waals surface area contributed by atoms with Crippen molar-refractivity contribution < 1.29 is 22.8 Å². The maximum atomic E-state index is 12.1. The lowest BCUT2D eigenvalue weighted by molar-refractivity contribution is -0.199. The third-order valence-corrected chi connectivity index (χ3v) is 15.0. The van der Waals surface area contributed by atoms with Gasteiger partial charge in [0.25, 0.3) is 0 Å². The molecule has 11 atom stereocenters. The number of ether oxygens (including phenoxy) is 1. The summed E-state index contributed by atoms with van der Waals surface area (Å²) in [4.78, 5) is 12.1. The number of hydrogen-bond acceptors (Lipinski definition) is 5. The Morgan fingerprint density at radius 3 is 2.00 bits per heavy atom. The molecule has 4 fully saturated rings. The molecule has 4 aliphatic rings. The Labute approximate surface area is 262 Å². The zero-order valence-corrected chi connectivity index (χ0v) is 32.6. The van der Waals surface area contributed by atoms with Crippen LogP contribution in [-0.2, 0) is 22.8 Å². The van der Waals surface area contributed by atoms with Crippen molar-refractivity contribution in [1.82, 2.24) is 0 Å². The van der Waals surface area contributed by atoms with Gasteiger partial charge >= 0.3 is 5.97 Å². The molecule has 42 heavy (non-hydrogen) atoms. The fraction of sp³-hybridized carbons (Fsp3) is 0.971. The van der Waals surface area contributed by atoms with E-state index in [2.05, 4.69) is 79.7 Å². The van der Waals surface area contributed by atoms with Crippen molar-refractivity contribution in [2.45, 2.75) is 156 Å². The summed E-state index contributed by atoms with van der Waals surface area (Å²) in [6.07, 6.45) is 11.0. The van der Waals surface area contributed by atoms with E-state index in [1.807, 2.05) is 0 Å². The molecule has 0 aromatic heterocycles. The molecule has 244 valence electrons. The normalized spacial score (nSPS) is 41.5. The zero-order chi connectivity index (χ0) is 31.5. The fourth-order valence-corrected chi connectivity index (χ4v) is 14.1. The molecule has 4 aliphatic carbocycles. The molecule has 4 saturated carbocycles. The van der Waals surface area contributed by atoms with Crippen molar-refractivity contribution in [2.75, 3.05) is 7.11 Å². The Bertz CT molecular complexity index is 954. The van der Waals surface area contributed by atoms with Gasteiger partial charge in [-0.2, -0.15) is 0 Å². The van der Waals surface area contributed by atoms with Crippen LogP contribution in [0, 0.1) is 46.3 Å². The van der Waals surface area contributed by atoms with Gasteiger partial charge in [0.05, 0.1) is 13.2 Å². The van der Waals surface area contributed by atoms with Crippen molar-refractivity contribution in [1.29, 1.82) is 0 Å². The molecule has 0 amide bonds. The van der Waals surface area contributed by atoms with Gasteiger partial charge in [0.2, 0.25) is 0 Å². The smallest absolute Gasteiger partial charge is 0.305 e. The first kappa shape index (κ1) is 34.9. The lowest BCUT2D eigenvalue weighted by Gasteiger charge is -2.66. The first-order chi connectivity index (χ1) is 19.2. The average Bonchev–Trinajstić information content (AvgIpc) is 3.19. The third-order valence-electron chi connectivity index (χ3n) is 12.0. The molecule has 8 heteroatoms. The van der Waals surface area contributed by atoms with Crippen LogP contribution in [0.25, 0.3) is 0 Å². The molecule has 0 spiro atoms. The van der Waals surface area contributed by atoms with Crippen LogP contribution in [0.2, 0.25) is 58.9 Å². The van der Waals surface area contributed by atoms with Gasteiger partial charge < -0.3 is 18.0 Å². The largest absolute Gasteiger partial charge is 0.469 e. The lowest BCUT2D eigenvalue weighted by atomic mass is 9.43. The number of carbonyl (C=O) groups is 1. The number of carbonyl (C=O) groups excluding carboxylic acids is 1. The molecule has 5 nitrogen and oxygen atoms in total. The number of methoxy groups -OCH3 is 1. The summed E-state index contributed by atoms with van der Waals surface area (Å²) in [7, 11) is -3.61.